The van der Waals surface area contributed by atoms with E-state index in [1.807, 2.05) is 13.0 Å². The number of allylic oxidation sites excluding steroid dienone is 5. The van der Waals surface area contributed by atoms with Gasteiger partial charge in [-0.15, -0.1) is 0 Å². The van der Waals surface area contributed by atoms with Crippen LogP contribution in [0.15, 0.2) is 54.6 Å². The second kappa shape index (κ2) is 5.63. The maximum Gasteiger partial charge on any atom is 0.269 e. The number of halogens is 2. The van der Waals surface area contributed by atoms with Gasteiger partial charge >= 0.3 is 0 Å². The van der Waals surface area contributed by atoms with Crippen molar-refractivity contribution in [3.63, 3.8) is 0 Å². The lowest BCUT2D eigenvalue weighted by Gasteiger charge is -2.09. The van der Waals surface area contributed by atoms with Crippen LogP contribution in [0, 0.1) is 0 Å². The molecule has 0 aliphatic rings. The lowest BCUT2D eigenvalue weighted by atomic mass is 10.0. The lowest BCUT2D eigenvalue weighted by Crippen LogP contribution is -2.10. The molecule has 0 aromatic heterocycles. The van der Waals surface area contributed by atoms with Gasteiger partial charge in [0.2, 0.25) is 0 Å². The van der Waals surface area contributed by atoms with Crippen molar-refractivity contribution in [2.24, 2.45) is 0 Å². The fourth-order valence-corrected chi connectivity index (χ4v) is 1.35. The van der Waals surface area contributed by atoms with E-state index in [2.05, 4.69) is 6.58 Å². The number of phenolic OH excluding ortho intramolecular Hbond substituents is 1. The summed E-state index contributed by atoms with van der Waals surface area (Å²) >= 11 is 0. The Bertz CT molecular complexity index is 476. The molecule has 18 heavy (non-hydrogen) atoms. The summed E-state index contributed by atoms with van der Waals surface area (Å²) in [5.41, 5.74) is 1.40. The summed E-state index contributed by atoms with van der Waals surface area (Å²) in [6, 6.07) is 6.55. The number of aromatic hydroxyl groups is 1. The highest BCUT2D eigenvalue weighted by molar-refractivity contribution is 5.74. The zero-order chi connectivity index (χ0) is 13.8. The van der Waals surface area contributed by atoms with Crippen molar-refractivity contribution in [2.45, 2.75) is 19.8 Å². The number of phenols is 1. The van der Waals surface area contributed by atoms with Gasteiger partial charge in [0, 0.05) is 12.5 Å². The molecule has 1 aromatic carbocycles. The van der Waals surface area contributed by atoms with Gasteiger partial charge in [0.1, 0.15) is 5.75 Å². The van der Waals surface area contributed by atoms with Gasteiger partial charge < -0.3 is 5.11 Å². The minimum atomic E-state index is -2.91. The van der Waals surface area contributed by atoms with Gasteiger partial charge in [0.05, 0.1) is 0 Å². The number of hydrogen-bond acceptors (Lipinski definition) is 1. The van der Waals surface area contributed by atoms with Crippen LogP contribution in [0.4, 0.5) is 8.78 Å². The Morgan fingerprint density at radius 3 is 2.22 bits per heavy atom. The third-order valence-electron chi connectivity index (χ3n) is 2.54. The molecule has 1 N–H and O–H groups in total. The molecule has 3 heteroatoms. The van der Waals surface area contributed by atoms with E-state index in [9.17, 15) is 13.9 Å². The molecule has 0 saturated carbocycles. The molecule has 0 bridgehead atoms. The quantitative estimate of drug-likeness (QED) is 0.776. The van der Waals surface area contributed by atoms with Gasteiger partial charge in [-0.3, -0.25) is 0 Å². The number of benzene rings is 1. The van der Waals surface area contributed by atoms with E-state index >= 15 is 0 Å². The van der Waals surface area contributed by atoms with Crippen LogP contribution >= 0.6 is 0 Å². The average molecular weight is 250 g/mol. The topological polar surface area (TPSA) is 20.2 Å². The molecular formula is C15H16F2O. The van der Waals surface area contributed by atoms with Crippen LogP contribution in [0.2, 0.25) is 0 Å². The summed E-state index contributed by atoms with van der Waals surface area (Å²) in [5.74, 6) is -2.74. The molecule has 96 valence electrons. The van der Waals surface area contributed by atoms with E-state index in [-0.39, 0.29) is 11.3 Å². The lowest BCUT2D eigenvalue weighted by molar-refractivity contribution is 0.0680. The van der Waals surface area contributed by atoms with Crippen molar-refractivity contribution < 1.29 is 13.9 Å². The van der Waals surface area contributed by atoms with Crippen LogP contribution in [-0.4, -0.2) is 11.0 Å². The van der Waals surface area contributed by atoms with Crippen molar-refractivity contribution in [3.05, 3.63) is 60.2 Å². The molecule has 0 saturated heterocycles. The zero-order valence-electron chi connectivity index (χ0n) is 10.5. The smallest absolute Gasteiger partial charge is 0.269 e. The molecular weight excluding hydrogens is 234 g/mol. The van der Waals surface area contributed by atoms with Gasteiger partial charge in [0.25, 0.3) is 5.92 Å². The highest BCUT2D eigenvalue weighted by Gasteiger charge is 2.23. The molecule has 0 atom stereocenters. The summed E-state index contributed by atoms with van der Waals surface area (Å²) in [7, 11) is 0. The SMILES string of the molecule is C=C(C=CC(=CC)c1ccc(O)cc1)C(C)(F)F. The Labute approximate surface area is 106 Å². The Hall–Kier alpha value is -1.90. The molecule has 0 aliphatic heterocycles. The highest BCUT2D eigenvalue weighted by atomic mass is 19.3. The van der Waals surface area contributed by atoms with E-state index in [0.29, 0.717) is 0 Å². The first-order valence-electron chi connectivity index (χ1n) is 5.55. The fourth-order valence-electron chi connectivity index (χ4n) is 1.35. The molecule has 1 nitrogen and oxygen atoms in total. The van der Waals surface area contributed by atoms with E-state index < -0.39 is 5.92 Å². The van der Waals surface area contributed by atoms with Gasteiger partial charge in [0.15, 0.2) is 0 Å². The molecule has 0 radical (unpaired) electrons. The summed E-state index contributed by atoms with van der Waals surface area (Å²) in [5, 5.41) is 9.19. The first-order chi connectivity index (χ1) is 8.34. The zero-order valence-corrected chi connectivity index (χ0v) is 10.5. The van der Waals surface area contributed by atoms with Crippen molar-refractivity contribution in [3.8, 4) is 5.75 Å². The van der Waals surface area contributed by atoms with Crippen LogP contribution in [-0.2, 0) is 0 Å². The van der Waals surface area contributed by atoms with Crippen molar-refractivity contribution in [1.82, 2.24) is 0 Å². The second-order valence-corrected chi connectivity index (χ2v) is 4.04. The highest BCUT2D eigenvalue weighted by Crippen LogP contribution is 2.25. The monoisotopic (exact) mass is 250 g/mol. The van der Waals surface area contributed by atoms with Crippen LogP contribution < -0.4 is 0 Å². The van der Waals surface area contributed by atoms with Crippen LogP contribution in [0.1, 0.15) is 19.4 Å². The molecule has 0 spiro atoms. The molecule has 1 rings (SSSR count). The minimum absolute atomic E-state index is 0.169. The van der Waals surface area contributed by atoms with Gasteiger partial charge in [-0.2, -0.15) is 0 Å². The summed E-state index contributed by atoms with van der Waals surface area (Å²) in [6.45, 7) is 5.97. The summed E-state index contributed by atoms with van der Waals surface area (Å²) < 4.78 is 25.8. The van der Waals surface area contributed by atoms with E-state index in [0.717, 1.165) is 18.1 Å². The molecule has 0 aliphatic carbocycles. The number of rotatable bonds is 4. The molecule has 0 amide bonds. The normalized spacial score (nSPS) is 13.0. The maximum atomic E-state index is 12.9. The Balaban J connectivity index is 2.91. The summed E-state index contributed by atoms with van der Waals surface area (Å²) in [6.07, 6.45) is 4.71. The van der Waals surface area contributed by atoms with Crippen molar-refractivity contribution >= 4 is 5.57 Å². The number of hydrogen-bond donors (Lipinski definition) is 1. The van der Waals surface area contributed by atoms with E-state index in [1.165, 1.54) is 6.08 Å². The third-order valence-corrected chi connectivity index (χ3v) is 2.54. The van der Waals surface area contributed by atoms with Crippen LogP contribution in [0.5, 0.6) is 5.75 Å². The minimum Gasteiger partial charge on any atom is -0.508 e. The molecule has 0 heterocycles. The van der Waals surface area contributed by atoms with Crippen molar-refractivity contribution in [2.75, 3.05) is 0 Å². The predicted octanol–water partition coefficient (Wildman–Crippen LogP) is 4.56. The van der Waals surface area contributed by atoms with Gasteiger partial charge in [-0.1, -0.05) is 36.9 Å². The van der Waals surface area contributed by atoms with E-state index in [4.69, 9.17) is 0 Å². The Morgan fingerprint density at radius 1 is 1.22 bits per heavy atom. The predicted molar refractivity (Wildman–Crippen MR) is 70.7 cm³/mol. The molecule has 1 aromatic rings. The first kappa shape index (κ1) is 14.2. The number of alkyl halides is 2. The average Bonchev–Trinajstić information content (AvgIpc) is 2.30. The molecule has 0 unspecified atom stereocenters. The second-order valence-electron chi connectivity index (χ2n) is 4.04. The standard InChI is InChI=1S/C15H16F2O/c1-4-12(6-5-11(2)15(3,16)17)13-7-9-14(18)10-8-13/h4-10,18H,2H2,1,3H3. The third kappa shape index (κ3) is 3.84. The maximum absolute atomic E-state index is 12.9. The summed E-state index contributed by atoms with van der Waals surface area (Å²) in [4.78, 5) is 0. The van der Waals surface area contributed by atoms with Gasteiger partial charge in [-0.05, 0) is 30.2 Å². The van der Waals surface area contributed by atoms with E-state index in [1.54, 1.807) is 30.3 Å². The largest absolute Gasteiger partial charge is 0.508 e. The Morgan fingerprint density at radius 2 is 1.78 bits per heavy atom. The Kier molecular flexibility index (Phi) is 4.43. The van der Waals surface area contributed by atoms with Crippen LogP contribution in [0.25, 0.3) is 5.57 Å². The first-order valence-corrected chi connectivity index (χ1v) is 5.55. The van der Waals surface area contributed by atoms with Gasteiger partial charge in [-0.25, -0.2) is 8.78 Å². The molecule has 0 fully saturated rings. The van der Waals surface area contributed by atoms with Crippen LogP contribution in [0.3, 0.4) is 0 Å². The fraction of sp³-hybridized carbons (Fsp3) is 0.200. The van der Waals surface area contributed by atoms with Crippen molar-refractivity contribution in [1.29, 1.82) is 0 Å².